The first kappa shape index (κ1) is 16.3. The van der Waals surface area contributed by atoms with Crippen molar-refractivity contribution in [1.29, 1.82) is 0 Å². The molecule has 2 bridgehead atoms. The van der Waals surface area contributed by atoms with Crippen LogP contribution < -0.4 is 5.32 Å². The molecule has 3 aromatic rings. The van der Waals surface area contributed by atoms with Gasteiger partial charge in [0.05, 0.1) is 23.8 Å². The van der Waals surface area contributed by atoms with E-state index in [2.05, 4.69) is 20.3 Å². The molecule has 2 aliphatic heterocycles. The second-order valence-corrected chi connectivity index (χ2v) is 7.29. The van der Waals surface area contributed by atoms with E-state index in [-0.39, 0.29) is 11.8 Å². The Morgan fingerprint density at radius 2 is 2.04 bits per heavy atom. The van der Waals surface area contributed by atoms with Gasteiger partial charge in [-0.15, -0.1) is 0 Å². The van der Waals surface area contributed by atoms with Crippen LogP contribution in [-0.2, 0) is 0 Å². The molecule has 5 nitrogen and oxygen atoms in total. The number of aromatic nitrogens is 3. The maximum atomic E-state index is 14.6. The molecule has 0 spiro atoms. The first-order valence-corrected chi connectivity index (χ1v) is 9.17. The monoisotopic (exact) mass is 362 g/mol. The van der Waals surface area contributed by atoms with Gasteiger partial charge in [0.25, 0.3) is 0 Å². The molecule has 2 aliphatic rings. The molecule has 0 saturated carbocycles. The molecule has 0 amide bonds. The Morgan fingerprint density at radius 3 is 2.89 bits per heavy atom. The van der Waals surface area contributed by atoms with Gasteiger partial charge in [0, 0.05) is 35.4 Å². The molecule has 2 aromatic heterocycles. The van der Waals surface area contributed by atoms with Gasteiger partial charge in [-0.2, -0.15) is 0 Å². The molecular weight excluding hydrogens is 343 g/mol. The van der Waals surface area contributed by atoms with Gasteiger partial charge >= 0.3 is 0 Å². The van der Waals surface area contributed by atoms with Crippen LogP contribution in [0.5, 0.6) is 5.75 Å². The van der Waals surface area contributed by atoms with Gasteiger partial charge < -0.3 is 10.4 Å². The van der Waals surface area contributed by atoms with E-state index in [9.17, 15) is 9.50 Å². The van der Waals surface area contributed by atoms with Crippen molar-refractivity contribution in [2.75, 3.05) is 0 Å². The summed E-state index contributed by atoms with van der Waals surface area (Å²) in [6.45, 7) is 0. The topological polar surface area (TPSA) is 70.9 Å². The van der Waals surface area contributed by atoms with Crippen molar-refractivity contribution in [3.63, 3.8) is 0 Å². The van der Waals surface area contributed by atoms with Crippen LogP contribution in [-0.4, -0.2) is 38.3 Å². The standard InChI is InChI=1S/C21H19FN4O/c22-21-13(5-15-1-2-18(21)26-15)6-16-10-25-19(11-24-16)17-7-12-3-4-23-9-14(12)8-20(17)27/h3-4,6-11,15,18,21,26-27H,1-2,5H2/b13-6-/t15-,18+,21-/m0/s1. The van der Waals surface area contributed by atoms with Crippen LogP contribution in [0.4, 0.5) is 4.39 Å². The van der Waals surface area contributed by atoms with Gasteiger partial charge in [0.2, 0.25) is 0 Å². The Balaban J connectivity index is 1.45. The maximum absolute atomic E-state index is 14.6. The molecular formula is C21H19FN4O. The highest BCUT2D eigenvalue weighted by molar-refractivity contribution is 5.89. The van der Waals surface area contributed by atoms with Gasteiger partial charge in [0.1, 0.15) is 11.9 Å². The van der Waals surface area contributed by atoms with Crippen molar-refractivity contribution in [3.05, 3.63) is 54.3 Å². The number of aromatic hydroxyl groups is 1. The number of phenols is 1. The van der Waals surface area contributed by atoms with E-state index in [1.54, 1.807) is 30.9 Å². The molecule has 136 valence electrons. The van der Waals surface area contributed by atoms with Crippen molar-refractivity contribution in [2.24, 2.45) is 0 Å². The summed E-state index contributed by atoms with van der Waals surface area (Å²) in [6, 6.07) is 5.75. The molecule has 0 aliphatic carbocycles. The maximum Gasteiger partial charge on any atom is 0.137 e. The normalized spacial score (nSPS) is 26.0. The number of benzene rings is 1. The number of alkyl halides is 1. The summed E-state index contributed by atoms with van der Waals surface area (Å²) in [5, 5.41) is 15.5. The van der Waals surface area contributed by atoms with Crippen molar-refractivity contribution in [2.45, 2.75) is 37.5 Å². The number of hydrogen-bond acceptors (Lipinski definition) is 5. The molecule has 3 atom stereocenters. The van der Waals surface area contributed by atoms with E-state index in [0.29, 0.717) is 23.0 Å². The van der Waals surface area contributed by atoms with Crippen molar-refractivity contribution in [1.82, 2.24) is 20.3 Å². The summed E-state index contributed by atoms with van der Waals surface area (Å²) < 4.78 is 14.6. The fourth-order valence-electron chi connectivity index (χ4n) is 4.11. The van der Waals surface area contributed by atoms with Crippen molar-refractivity contribution >= 4 is 16.8 Å². The summed E-state index contributed by atoms with van der Waals surface area (Å²) in [5.74, 6) is 0.134. The Bertz CT molecular complexity index is 1030. The number of pyridine rings is 1. The van der Waals surface area contributed by atoms with Gasteiger partial charge in [-0.1, -0.05) is 0 Å². The van der Waals surface area contributed by atoms with E-state index in [4.69, 9.17) is 0 Å². The van der Waals surface area contributed by atoms with E-state index in [1.807, 2.05) is 18.2 Å². The molecule has 2 saturated heterocycles. The second-order valence-electron chi connectivity index (χ2n) is 7.29. The predicted octanol–water partition coefficient (Wildman–Crippen LogP) is 3.64. The van der Waals surface area contributed by atoms with E-state index < -0.39 is 6.17 Å². The fourth-order valence-corrected chi connectivity index (χ4v) is 4.11. The largest absolute Gasteiger partial charge is 0.507 e. The lowest BCUT2D eigenvalue weighted by atomic mass is 9.96. The quantitative estimate of drug-likeness (QED) is 0.728. The van der Waals surface area contributed by atoms with Crippen LogP contribution in [0.1, 0.15) is 25.0 Å². The van der Waals surface area contributed by atoms with E-state index in [0.717, 1.165) is 35.6 Å². The summed E-state index contributed by atoms with van der Waals surface area (Å²) in [5.41, 5.74) is 2.63. The molecule has 5 rings (SSSR count). The fraction of sp³-hybridized carbons (Fsp3) is 0.286. The van der Waals surface area contributed by atoms with Crippen LogP contribution in [0.15, 0.2) is 48.6 Å². The SMILES string of the molecule is Oc1cc2cnccc2cc1-c1cnc(/C=C2/C[C@@H]3CC[C@@H](N3)[C@H]2F)cn1. The smallest absolute Gasteiger partial charge is 0.137 e. The van der Waals surface area contributed by atoms with Crippen LogP contribution in [0.2, 0.25) is 0 Å². The highest BCUT2D eigenvalue weighted by Gasteiger charge is 2.38. The van der Waals surface area contributed by atoms with Crippen LogP contribution in [0, 0.1) is 0 Å². The number of fused-ring (bicyclic) bond motifs is 3. The van der Waals surface area contributed by atoms with Crippen molar-refractivity contribution in [3.8, 4) is 17.0 Å². The summed E-state index contributed by atoms with van der Waals surface area (Å²) in [6.07, 6.45) is 10.2. The number of phenolic OH excluding ortho intramolecular Hbond substituents is 1. The van der Waals surface area contributed by atoms with Crippen LogP contribution >= 0.6 is 0 Å². The number of piperidine rings is 1. The molecule has 1 aromatic carbocycles. The summed E-state index contributed by atoms with van der Waals surface area (Å²) in [7, 11) is 0. The molecule has 0 unspecified atom stereocenters. The number of nitrogens with zero attached hydrogens (tertiary/aromatic N) is 3. The number of nitrogens with one attached hydrogen (secondary N) is 1. The van der Waals surface area contributed by atoms with Gasteiger partial charge in [-0.05, 0) is 54.5 Å². The van der Waals surface area contributed by atoms with Crippen LogP contribution in [0.25, 0.3) is 28.1 Å². The Hall–Kier alpha value is -2.86. The first-order chi connectivity index (χ1) is 13.2. The Kier molecular flexibility index (Phi) is 3.86. The lowest BCUT2D eigenvalue weighted by molar-refractivity contribution is 0.270. The number of halogens is 1. The third-order valence-electron chi connectivity index (χ3n) is 5.50. The zero-order valence-corrected chi connectivity index (χ0v) is 14.6. The third kappa shape index (κ3) is 2.96. The number of hydrogen-bond donors (Lipinski definition) is 2. The van der Waals surface area contributed by atoms with E-state index in [1.165, 1.54) is 0 Å². The van der Waals surface area contributed by atoms with Gasteiger partial charge in [-0.3, -0.25) is 15.0 Å². The third-order valence-corrected chi connectivity index (χ3v) is 5.50. The average Bonchev–Trinajstić information content (AvgIpc) is 3.10. The molecule has 0 radical (unpaired) electrons. The van der Waals surface area contributed by atoms with Gasteiger partial charge in [-0.25, -0.2) is 4.39 Å². The average molecular weight is 362 g/mol. The van der Waals surface area contributed by atoms with E-state index >= 15 is 0 Å². The minimum atomic E-state index is -0.955. The first-order valence-electron chi connectivity index (χ1n) is 9.17. The van der Waals surface area contributed by atoms with Crippen molar-refractivity contribution < 1.29 is 9.50 Å². The predicted molar refractivity (Wildman–Crippen MR) is 102 cm³/mol. The lowest BCUT2D eigenvalue weighted by Crippen LogP contribution is -2.42. The highest BCUT2D eigenvalue weighted by atomic mass is 19.1. The van der Waals surface area contributed by atoms with Crippen LogP contribution in [0.3, 0.4) is 0 Å². The number of rotatable bonds is 2. The summed E-state index contributed by atoms with van der Waals surface area (Å²) >= 11 is 0. The zero-order valence-electron chi connectivity index (χ0n) is 14.6. The Morgan fingerprint density at radius 1 is 1.11 bits per heavy atom. The molecule has 6 heteroatoms. The minimum absolute atomic E-state index is 0.0636. The minimum Gasteiger partial charge on any atom is -0.507 e. The Labute approximate surface area is 156 Å². The molecule has 4 heterocycles. The lowest BCUT2D eigenvalue weighted by Gasteiger charge is -2.27. The second kappa shape index (κ2) is 6.39. The molecule has 2 N–H and O–H groups in total. The molecule has 27 heavy (non-hydrogen) atoms. The zero-order chi connectivity index (χ0) is 18.4. The molecule has 2 fully saturated rings. The summed E-state index contributed by atoms with van der Waals surface area (Å²) in [4.78, 5) is 12.9. The highest BCUT2D eigenvalue weighted by Crippen LogP contribution is 2.34. The van der Waals surface area contributed by atoms with Gasteiger partial charge in [0.15, 0.2) is 0 Å².